The van der Waals surface area contributed by atoms with E-state index >= 15 is 0 Å². The molecule has 0 bridgehead atoms. The lowest BCUT2D eigenvalue weighted by Gasteiger charge is -2.29. The molecule has 22 heavy (non-hydrogen) atoms. The second-order valence-electron chi connectivity index (χ2n) is 5.48. The zero-order valence-electron chi connectivity index (χ0n) is 11.9. The van der Waals surface area contributed by atoms with Gasteiger partial charge in [-0.05, 0) is 31.9 Å². The molecule has 1 saturated carbocycles. The Balaban J connectivity index is 1.76. The fourth-order valence-electron chi connectivity index (χ4n) is 2.48. The molecule has 0 saturated heterocycles. The monoisotopic (exact) mass is 328 g/mol. The number of alkyl halides is 2. The number of aryl methyl sites for hydroxylation is 1. The molecule has 118 valence electrons. The summed E-state index contributed by atoms with van der Waals surface area (Å²) in [6.07, 6.45) is 0.578. The van der Waals surface area contributed by atoms with Gasteiger partial charge in [0.05, 0.1) is 0 Å². The second kappa shape index (κ2) is 5.79. The molecule has 2 aromatic rings. The van der Waals surface area contributed by atoms with Gasteiger partial charge in [-0.25, -0.2) is 13.8 Å². The summed E-state index contributed by atoms with van der Waals surface area (Å²) in [5, 5.41) is 7.33. The molecule has 1 fully saturated rings. The van der Waals surface area contributed by atoms with E-state index in [1.165, 1.54) is 0 Å². The lowest BCUT2D eigenvalue weighted by atomic mass is 9.92. The highest BCUT2D eigenvalue weighted by molar-refractivity contribution is 6.31. The second-order valence-corrected chi connectivity index (χ2v) is 5.91. The maximum atomic E-state index is 13.2. The topological polar surface area (TPSA) is 63.8 Å². The molecule has 1 N–H and O–H groups in total. The van der Waals surface area contributed by atoms with Gasteiger partial charge in [-0.3, -0.25) is 0 Å². The molecule has 3 rings (SSSR count). The number of anilines is 1. The summed E-state index contributed by atoms with van der Waals surface area (Å²) in [4.78, 5) is 8.47. The first-order chi connectivity index (χ1) is 10.4. The minimum Gasteiger partial charge on any atom is -0.367 e. The summed E-state index contributed by atoms with van der Waals surface area (Å²) in [5.74, 6) is -1.25. The molecule has 0 unspecified atom stereocenters. The van der Waals surface area contributed by atoms with Crippen LogP contribution in [0.5, 0.6) is 0 Å². The van der Waals surface area contributed by atoms with Crippen molar-refractivity contribution in [1.82, 2.24) is 15.1 Å². The highest BCUT2D eigenvalue weighted by Crippen LogP contribution is 2.34. The third-order valence-electron chi connectivity index (χ3n) is 3.61. The Hall–Kier alpha value is -1.76. The van der Waals surface area contributed by atoms with E-state index in [1.807, 2.05) is 0 Å². The van der Waals surface area contributed by atoms with Gasteiger partial charge in [0, 0.05) is 23.9 Å². The number of aromatic nitrogens is 3. The van der Waals surface area contributed by atoms with Gasteiger partial charge in [-0.15, -0.1) is 0 Å². The Morgan fingerprint density at radius 1 is 1.27 bits per heavy atom. The number of hydrogen-bond acceptors (Lipinski definition) is 5. The predicted molar refractivity (Wildman–Crippen MR) is 78.1 cm³/mol. The molecule has 1 aliphatic rings. The molecule has 1 aliphatic carbocycles. The van der Waals surface area contributed by atoms with E-state index in [4.69, 9.17) is 16.1 Å². The molecule has 2 heterocycles. The smallest absolute Gasteiger partial charge is 0.276 e. The van der Waals surface area contributed by atoms with Crippen molar-refractivity contribution in [1.29, 1.82) is 0 Å². The fourth-order valence-corrected chi connectivity index (χ4v) is 2.68. The number of pyridine rings is 1. The minimum atomic E-state index is -2.55. The maximum absolute atomic E-state index is 13.2. The first kappa shape index (κ1) is 15.1. The Kier molecular flexibility index (Phi) is 3.99. The highest BCUT2D eigenvalue weighted by atomic mass is 35.5. The molecule has 0 amide bonds. The van der Waals surface area contributed by atoms with Gasteiger partial charge < -0.3 is 9.84 Å². The number of hydrogen-bond donors (Lipinski definition) is 1. The molecule has 0 aliphatic heterocycles. The van der Waals surface area contributed by atoms with Gasteiger partial charge in [0.2, 0.25) is 5.92 Å². The minimum absolute atomic E-state index is 0.0390. The number of nitrogens with zero attached hydrogens (tertiary/aromatic N) is 3. The van der Waals surface area contributed by atoms with E-state index in [-0.39, 0.29) is 24.8 Å². The first-order valence-electron chi connectivity index (χ1n) is 7.04. The van der Waals surface area contributed by atoms with Crippen LogP contribution >= 0.6 is 11.6 Å². The summed E-state index contributed by atoms with van der Waals surface area (Å²) < 4.78 is 31.4. The van der Waals surface area contributed by atoms with Gasteiger partial charge >= 0.3 is 0 Å². The fraction of sp³-hybridized carbons (Fsp3) is 0.500. The zero-order chi connectivity index (χ0) is 15.7. The van der Waals surface area contributed by atoms with Crippen LogP contribution in [0.4, 0.5) is 14.6 Å². The summed E-state index contributed by atoms with van der Waals surface area (Å²) in [7, 11) is 0. The molecule has 0 atom stereocenters. The Morgan fingerprint density at radius 3 is 2.64 bits per heavy atom. The van der Waals surface area contributed by atoms with Gasteiger partial charge in [-0.1, -0.05) is 16.8 Å². The molecule has 0 aromatic carbocycles. The molecule has 5 nitrogen and oxygen atoms in total. The quantitative estimate of drug-likeness (QED) is 0.919. The van der Waals surface area contributed by atoms with Crippen LogP contribution in [0.1, 0.15) is 31.5 Å². The molecule has 2 aromatic heterocycles. The predicted octanol–water partition coefficient (Wildman–Crippen LogP) is 4.08. The number of nitrogens with one attached hydrogen (secondary N) is 1. The van der Waals surface area contributed by atoms with Crippen molar-refractivity contribution in [3.05, 3.63) is 23.0 Å². The Labute approximate surface area is 131 Å². The normalized spacial score (nSPS) is 18.4. The first-order valence-corrected chi connectivity index (χ1v) is 7.42. The maximum Gasteiger partial charge on any atom is 0.276 e. The van der Waals surface area contributed by atoms with Gasteiger partial charge in [0.25, 0.3) is 5.89 Å². The third-order valence-corrected chi connectivity index (χ3v) is 3.82. The van der Waals surface area contributed by atoms with Gasteiger partial charge in [0.15, 0.2) is 5.82 Å². The standard InChI is InChI=1S/C14H15ClF2N4O/c1-8-18-13(22-21-8)11-6-9(15)7-12(20-11)19-10-2-4-14(16,17)5-3-10/h6-7,10H,2-5H2,1H3,(H,19,20). The lowest BCUT2D eigenvalue weighted by Crippen LogP contribution is -2.32. The largest absolute Gasteiger partial charge is 0.367 e. The summed E-state index contributed by atoms with van der Waals surface area (Å²) in [6.45, 7) is 1.71. The number of rotatable bonds is 3. The van der Waals surface area contributed by atoms with Crippen molar-refractivity contribution in [3.63, 3.8) is 0 Å². The number of halogens is 3. The van der Waals surface area contributed by atoms with Crippen molar-refractivity contribution >= 4 is 17.4 Å². The summed E-state index contributed by atoms with van der Waals surface area (Å²) in [6, 6.07) is 3.23. The van der Waals surface area contributed by atoms with Crippen molar-refractivity contribution in [2.24, 2.45) is 0 Å². The van der Waals surface area contributed by atoms with Crippen LogP contribution in [0.15, 0.2) is 16.7 Å². The molecular formula is C14H15ClF2N4O. The molecule has 0 radical (unpaired) electrons. The van der Waals surface area contributed by atoms with E-state index in [0.717, 1.165) is 0 Å². The van der Waals surface area contributed by atoms with E-state index in [1.54, 1.807) is 19.1 Å². The van der Waals surface area contributed by atoms with E-state index in [9.17, 15) is 8.78 Å². The van der Waals surface area contributed by atoms with Crippen molar-refractivity contribution in [2.75, 3.05) is 5.32 Å². The lowest BCUT2D eigenvalue weighted by molar-refractivity contribution is -0.0361. The summed E-state index contributed by atoms with van der Waals surface area (Å²) in [5.41, 5.74) is 0.455. The van der Waals surface area contributed by atoms with Crippen LogP contribution in [0, 0.1) is 6.92 Å². The van der Waals surface area contributed by atoms with Crippen LogP contribution in [0.2, 0.25) is 5.02 Å². The molecule has 8 heteroatoms. The van der Waals surface area contributed by atoms with Crippen LogP contribution in [-0.4, -0.2) is 27.1 Å². The Bertz CT molecular complexity index is 667. The van der Waals surface area contributed by atoms with Crippen molar-refractivity contribution in [3.8, 4) is 11.6 Å². The van der Waals surface area contributed by atoms with Crippen LogP contribution in [0.3, 0.4) is 0 Å². The zero-order valence-corrected chi connectivity index (χ0v) is 12.7. The third kappa shape index (κ3) is 3.52. The van der Waals surface area contributed by atoms with Crippen molar-refractivity contribution in [2.45, 2.75) is 44.6 Å². The average molecular weight is 329 g/mol. The van der Waals surface area contributed by atoms with Crippen LogP contribution in [0.25, 0.3) is 11.6 Å². The SMILES string of the molecule is Cc1noc(-c2cc(Cl)cc(NC3CCC(F)(F)CC3)n2)n1. The molecular weight excluding hydrogens is 314 g/mol. The van der Waals surface area contributed by atoms with E-state index in [0.29, 0.717) is 35.2 Å². The van der Waals surface area contributed by atoms with E-state index in [2.05, 4.69) is 20.4 Å². The average Bonchev–Trinajstić information content (AvgIpc) is 2.87. The molecule has 0 spiro atoms. The van der Waals surface area contributed by atoms with Crippen molar-refractivity contribution < 1.29 is 13.3 Å². The van der Waals surface area contributed by atoms with Gasteiger partial charge in [0.1, 0.15) is 11.5 Å². The Morgan fingerprint density at radius 2 is 2.00 bits per heavy atom. The van der Waals surface area contributed by atoms with Crippen LogP contribution in [-0.2, 0) is 0 Å². The van der Waals surface area contributed by atoms with E-state index < -0.39 is 5.92 Å². The van der Waals surface area contributed by atoms with Crippen LogP contribution < -0.4 is 5.32 Å². The van der Waals surface area contributed by atoms with Gasteiger partial charge in [-0.2, -0.15) is 4.98 Å². The highest BCUT2D eigenvalue weighted by Gasteiger charge is 2.34. The summed E-state index contributed by atoms with van der Waals surface area (Å²) >= 11 is 6.08.